The Morgan fingerprint density at radius 2 is 2.00 bits per heavy atom. The number of hydrogen-bond acceptors (Lipinski definition) is 5. The fourth-order valence-corrected chi connectivity index (χ4v) is 4.76. The van der Waals surface area contributed by atoms with Gasteiger partial charge in [0.25, 0.3) is 0 Å². The summed E-state index contributed by atoms with van der Waals surface area (Å²) >= 11 is 6.72. The molecule has 1 unspecified atom stereocenters. The summed E-state index contributed by atoms with van der Waals surface area (Å²) in [5.41, 5.74) is 0.716. The number of halogens is 1. The molecule has 0 aliphatic carbocycles. The Morgan fingerprint density at radius 3 is 2.65 bits per heavy atom. The highest BCUT2D eigenvalue weighted by Gasteiger charge is 2.33. The molecule has 1 atom stereocenters. The Morgan fingerprint density at radius 1 is 1.26 bits per heavy atom. The molecule has 0 spiro atoms. The molecule has 1 fully saturated rings. The average molecular weight is 373 g/mol. The zero-order valence-corrected chi connectivity index (χ0v) is 14.2. The number of amides is 1. The molecule has 122 valence electrons. The first-order chi connectivity index (χ1) is 11.0. The molecule has 1 aliphatic rings. The number of para-hydroxylation sites is 1. The van der Waals surface area contributed by atoms with Crippen molar-refractivity contribution in [3.05, 3.63) is 46.8 Å². The van der Waals surface area contributed by atoms with Gasteiger partial charge < -0.3 is 4.74 Å². The van der Waals surface area contributed by atoms with Crippen LogP contribution in [0.15, 0.2) is 46.7 Å². The average Bonchev–Trinajstić information content (AvgIpc) is 3.13. The first kappa shape index (κ1) is 16.3. The summed E-state index contributed by atoms with van der Waals surface area (Å²) in [7, 11) is -3.65. The minimum Gasteiger partial charge on any atom is -0.443 e. The molecule has 6 nitrogen and oxygen atoms in total. The van der Waals surface area contributed by atoms with E-state index < -0.39 is 22.2 Å². The summed E-state index contributed by atoms with van der Waals surface area (Å²) in [6, 6.07) is 12.0. The number of hydrogen-bond donors (Lipinski definition) is 1. The molecule has 1 amide bonds. The Kier molecular flexibility index (Phi) is 4.58. The number of anilines is 1. The largest absolute Gasteiger partial charge is 0.443 e. The van der Waals surface area contributed by atoms with Gasteiger partial charge in [-0.3, -0.25) is 4.90 Å². The maximum absolute atomic E-state index is 12.1. The highest BCUT2D eigenvalue weighted by atomic mass is 35.5. The van der Waals surface area contributed by atoms with E-state index in [4.69, 9.17) is 16.3 Å². The molecule has 2 aromatic rings. The number of cyclic esters (lactones) is 1. The summed E-state index contributed by atoms with van der Waals surface area (Å²) in [5.74, 6) is 0. The summed E-state index contributed by atoms with van der Waals surface area (Å²) in [4.78, 5) is 13.4. The van der Waals surface area contributed by atoms with E-state index in [0.29, 0.717) is 10.0 Å². The molecule has 0 saturated carbocycles. The van der Waals surface area contributed by atoms with Crippen LogP contribution < -0.4 is 9.62 Å². The van der Waals surface area contributed by atoms with Crippen molar-refractivity contribution >= 4 is 44.7 Å². The van der Waals surface area contributed by atoms with Crippen molar-refractivity contribution in [2.75, 3.05) is 18.0 Å². The molecule has 23 heavy (non-hydrogen) atoms. The van der Waals surface area contributed by atoms with Gasteiger partial charge in [-0.25, -0.2) is 17.9 Å². The van der Waals surface area contributed by atoms with Crippen molar-refractivity contribution in [3.8, 4) is 0 Å². The monoisotopic (exact) mass is 372 g/mol. The van der Waals surface area contributed by atoms with Crippen LogP contribution in [-0.2, 0) is 14.8 Å². The predicted molar refractivity (Wildman–Crippen MR) is 88.6 cm³/mol. The lowest BCUT2D eigenvalue weighted by atomic mass is 10.3. The van der Waals surface area contributed by atoms with Crippen molar-refractivity contribution in [1.29, 1.82) is 0 Å². The van der Waals surface area contributed by atoms with Crippen LogP contribution in [0, 0.1) is 0 Å². The minimum atomic E-state index is -3.65. The van der Waals surface area contributed by atoms with E-state index in [2.05, 4.69) is 4.72 Å². The van der Waals surface area contributed by atoms with Crippen LogP contribution in [0.5, 0.6) is 0 Å². The summed E-state index contributed by atoms with van der Waals surface area (Å²) in [6.45, 7) is 0.295. The van der Waals surface area contributed by atoms with E-state index >= 15 is 0 Å². The topological polar surface area (TPSA) is 75.7 Å². The molecule has 1 aromatic carbocycles. The van der Waals surface area contributed by atoms with Gasteiger partial charge in [0, 0.05) is 12.2 Å². The summed E-state index contributed by atoms with van der Waals surface area (Å²) in [5, 5.41) is 0. The summed E-state index contributed by atoms with van der Waals surface area (Å²) < 4.78 is 32.4. The number of rotatable bonds is 5. The maximum Gasteiger partial charge on any atom is 0.414 e. The van der Waals surface area contributed by atoms with Crippen LogP contribution in [0.25, 0.3) is 0 Å². The second-order valence-corrected chi connectivity index (χ2v) is 8.57. The second-order valence-electron chi connectivity index (χ2n) is 4.86. The van der Waals surface area contributed by atoms with Crippen LogP contribution in [0.1, 0.15) is 0 Å². The van der Waals surface area contributed by atoms with E-state index in [0.717, 1.165) is 11.3 Å². The number of carbonyl (C=O) groups is 1. The number of nitrogens with one attached hydrogen (secondary N) is 1. The lowest BCUT2D eigenvalue weighted by molar-refractivity contribution is 0.143. The van der Waals surface area contributed by atoms with Gasteiger partial charge in [-0.05, 0) is 24.3 Å². The zero-order chi connectivity index (χ0) is 16.4. The minimum absolute atomic E-state index is 0.00687. The van der Waals surface area contributed by atoms with Gasteiger partial charge in [-0.1, -0.05) is 29.8 Å². The third kappa shape index (κ3) is 3.66. The molecular formula is C14H13ClN2O4S2. The lowest BCUT2D eigenvalue weighted by Gasteiger charge is -2.12. The van der Waals surface area contributed by atoms with Crippen molar-refractivity contribution in [2.45, 2.75) is 10.3 Å². The van der Waals surface area contributed by atoms with Gasteiger partial charge >= 0.3 is 6.09 Å². The highest BCUT2D eigenvalue weighted by molar-refractivity contribution is 7.91. The Bertz CT molecular complexity index is 807. The molecule has 0 radical (unpaired) electrons. The molecule has 0 bridgehead atoms. The number of benzene rings is 1. The normalized spacial score (nSPS) is 18.2. The van der Waals surface area contributed by atoms with Crippen LogP contribution in [0.3, 0.4) is 0 Å². The number of sulfonamides is 1. The van der Waals surface area contributed by atoms with E-state index in [1.54, 1.807) is 12.1 Å². The Labute approximate surface area is 142 Å². The van der Waals surface area contributed by atoms with Crippen LogP contribution >= 0.6 is 22.9 Å². The lowest BCUT2D eigenvalue weighted by Crippen LogP contribution is -2.34. The zero-order valence-electron chi connectivity index (χ0n) is 11.8. The molecule has 1 aliphatic heterocycles. The maximum atomic E-state index is 12.1. The number of ether oxygens (including phenoxy) is 1. The molecule has 1 aromatic heterocycles. The fraction of sp³-hybridized carbons (Fsp3) is 0.214. The third-order valence-electron chi connectivity index (χ3n) is 3.26. The van der Waals surface area contributed by atoms with Crippen molar-refractivity contribution in [3.63, 3.8) is 0 Å². The van der Waals surface area contributed by atoms with Crippen molar-refractivity contribution < 1.29 is 17.9 Å². The molecule has 3 rings (SSSR count). The SMILES string of the molecule is O=C1OC(CNS(=O)(=O)c2ccc(Cl)s2)CN1c1ccccc1. The van der Waals surface area contributed by atoms with Crippen molar-refractivity contribution in [1.82, 2.24) is 4.72 Å². The van der Waals surface area contributed by atoms with E-state index in [1.165, 1.54) is 17.0 Å². The predicted octanol–water partition coefficient (Wildman–Crippen LogP) is 2.71. The van der Waals surface area contributed by atoms with Gasteiger partial charge in [0.1, 0.15) is 10.3 Å². The summed E-state index contributed by atoms with van der Waals surface area (Å²) in [6.07, 6.45) is -1.03. The Balaban J connectivity index is 1.63. The van der Waals surface area contributed by atoms with Gasteiger partial charge in [-0.15, -0.1) is 11.3 Å². The smallest absolute Gasteiger partial charge is 0.414 e. The standard InChI is InChI=1S/C14H13ClN2O4S2/c15-12-6-7-13(22-12)23(19,20)16-8-11-9-17(14(18)21-11)10-4-2-1-3-5-10/h1-7,11,16H,8-9H2. The van der Waals surface area contributed by atoms with Gasteiger partial charge in [0.15, 0.2) is 0 Å². The first-order valence-electron chi connectivity index (χ1n) is 6.74. The number of thiophene rings is 1. The van der Waals surface area contributed by atoms with Crippen molar-refractivity contribution in [2.24, 2.45) is 0 Å². The van der Waals surface area contributed by atoms with Gasteiger partial charge in [0.2, 0.25) is 10.0 Å². The van der Waals surface area contributed by atoms with Crippen LogP contribution in [0.2, 0.25) is 4.34 Å². The van der Waals surface area contributed by atoms with Crippen LogP contribution in [-0.4, -0.2) is 33.7 Å². The van der Waals surface area contributed by atoms with E-state index in [9.17, 15) is 13.2 Å². The number of nitrogens with zero attached hydrogens (tertiary/aromatic N) is 1. The quantitative estimate of drug-likeness (QED) is 0.875. The van der Waals surface area contributed by atoms with Gasteiger partial charge in [-0.2, -0.15) is 0 Å². The fourth-order valence-electron chi connectivity index (χ4n) is 2.16. The molecule has 1 N–H and O–H groups in total. The molecular weight excluding hydrogens is 360 g/mol. The Hall–Kier alpha value is -1.61. The van der Waals surface area contributed by atoms with Gasteiger partial charge in [0.05, 0.1) is 10.9 Å². The van der Waals surface area contributed by atoms with E-state index in [-0.39, 0.29) is 17.3 Å². The van der Waals surface area contributed by atoms with E-state index in [1.807, 2.05) is 18.2 Å². The number of carbonyl (C=O) groups excluding carboxylic acids is 1. The second kappa shape index (κ2) is 6.48. The third-order valence-corrected chi connectivity index (χ3v) is 6.40. The molecule has 9 heteroatoms. The highest BCUT2D eigenvalue weighted by Crippen LogP contribution is 2.26. The first-order valence-corrected chi connectivity index (χ1v) is 9.42. The molecule has 1 saturated heterocycles. The molecule has 2 heterocycles. The van der Waals surface area contributed by atoms with Crippen LogP contribution in [0.4, 0.5) is 10.5 Å².